The van der Waals surface area contributed by atoms with Crippen molar-refractivity contribution in [1.29, 1.82) is 0 Å². The molecule has 3 heteroatoms. The van der Waals surface area contributed by atoms with Crippen LogP contribution in [0.25, 0.3) is 0 Å². The molecule has 0 aliphatic carbocycles. The van der Waals surface area contributed by atoms with Gasteiger partial charge < -0.3 is 9.84 Å². The molecule has 0 aromatic rings. The molecule has 0 aliphatic heterocycles. The van der Waals surface area contributed by atoms with Crippen molar-refractivity contribution >= 4 is 0 Å². The Morgan fingerprint density at radius 2 is 2.36 bits per heavy atom. The lowest BCUT2D eigenvalue weighted by molar-refractivity contribution is 0.265. The van der Waals surface area contributed by atoms with Crippen molar-refractivity contribution in [3.63, 3.8) is 0 Å². The Bertz CT molecular complexity index is 152. The fourth-order valence-corrected chi connectivity index (χ4v) is 0.638. The minimum absolute atomic E-state index is 0.00929. The molecule has 0 heterocycles. The average molecular weight is 157 g/mol. The molecule has 0 unspecified atom stereocenters. The quantitative estimate of drug-likeness (QED) is 0.349. The maximum Gasteiger partial charge on any atom is 0.111 e. The van der Waals surface area contributed by atoms with Crippen LogP contribution in [0, 0.1) is 0 Å². The summed E-state index contributed by atoms with van der Waals surface area (Å²) < 4.78 is 4.84. The van der Waals surface area contributed by atoms with Gasteiger partial charge in [0, 0.05) is 6.54 Å². The predicted molar refractivity (Wildman–Crippen MR) is 45.0 cm³/mol. The largest absolute Gasteiger partial charge is 0.497 e. The fraction of sp³-hybridized carbons (Fsp3) is 0.500. The van der Waals surface area contributed by atoms with E-state index in [0.717, 1.165) is 5.57 Å². The number of hydrogen-bond acceptors (Lipinski definition) is 3. The predicted octanol–water partition coefficient (Wildman–Crippen LogP) is 0.632. The van der Waals surface area contributed by atoms with Gasteiger partial charge in [-0.05, 0) is 13.0 Å². The zero-order chi connectivity index (χ0) is 8.69. The van der Waals surface area contributed by atoms with E-state index in [0.29, 0.717) is 12.3 Å². The molecule has 0 saturated carbocycles. The number of methoxy groups -OCH3 is 1. The second-order valence-corrected chi connectivity index (χ2v) is 2.25. The van der Waals surface area contributed by atoms with E-state index in [-0.39, 0.29) is 6.73 Å². The summed E-state index contributed by atoms with van der Waals surface area (Å²) in [5.74, 6) is 0.627. The van der Waals surface area contributed by atoms with Crippen molar-refractivity contribution in [3.05, 3.63) is 24.0 Å². The van der Waals surface area contributed by atoms with Crippen LogP contribution in [-0.2, 0) is 4.74 Å². The van der Waals surface area contributed by atoms with Gasteiger partial charge in [-0.15, -0.1) is 0 Å². The van der Waals surface area contributed by atoms with E-state index < -0.39 is 0 Å². The first-order valence-electron chi connectivity index (χ1n) is 3.42. The lowest BCUT2D eigenvalue weighted by Gasteiger charge is -2.02. The molecule has 0 spiro atoms. The molecule has 0 fully saturated rings. The van der Waals surface area contributed by atoms with E-state index in [1.54, 1.807) is 7.11 Å². The smallest absolute Gasteiger partial charge is 0.111 e. The number of ether oxygens (including phenoxy) is 1. The van der Waals surface area contributed by atoms with Crippen LogP contribution in [0.2, 0.25) is 0 Å². The minimum Gasteiger partial charge on any atom is -0.497 e. The maximum atomic E-state index is 8.41. The zero-order valence-electron chi connectivity index (χ0n) is 7.05. The number of hydrogen-bond donors (Lipinski definition) is 2. The molecule has 0 aromatic carbocycles. The summed E-state index contributed by atoms with van der Waals surface area (Å²) in [4.78, 5) is 0. The highest BCUT2D eigenvalue weighted by Crippen LogP contribution is 1.98. The summed E-state index contributed by atoms with van der Waals surface area (Å²) in [6.45, 7) is 6.21. The summed E-state index contributed by atoms with van der Waals surface area (Å²) >= 11 is 0. The topological polar surface area (TPSA) is 41.5 Å². The van der Waals surface area contributed by atoms with Crippen molar-refractivity contribution < 1.29 is 9.84 Å². The molecular weight excluding hydrogens is 142 g/mol. The Labute approximate surface area is 67.4 Å². The molecule has 0 rings (SSSR count). The Balaban J connectivity index is 3.70. The first kappa shape index (κ1) is 10.2. The molecular formula is C8H15NO2. The Morgan fingerprint density at radius 1 is 1.73 bits per heavy atom. The van der Waals surface area contributed by atoms with E-state index in [9.17, 15) is 0 Å². The van der Waals surface area contributed by atoms with E-state index in [4.69, 9.17) is 9.84 Å². The number of aliphatic hydroxyl groups is 1. The average Bonchev–Trinajstić information content (AvgIpc) is 2.00. The highest BCUT2D eigenvalue weighted by atomic mass is 16.5. The third-order valence-corrected chi connectivity index (χ3v) is 1.19. The van der Waals surface area contributed by atoms with Gasteiger partial charge in [-0.25, -0.2) is 0 Å². The van der Waals surface area contributed by atoms with Crippen LogP contribution in [-0.4, -0.2) is 25.5 Å². The number of rotatable bonds is 5. The molecule has 0 saturated heterocycles. The highest BCUT2D eigenvalue weighted by molar-refractivity contribution is 5.14. The Morgan fingerprint density at radius 3 is 2.82 bits per heavy atom. The van der Waals surface area contributed by atoms with Gasteiger partial charge in [-0.2, -0.15) is 0 Å². The van der Waals surface area contributed by atoms with E-state index in [2.05, 4.69) is 11.9 Å². The van der Waals surface area contributed by atoms with Gasteiger partial charge in [0.05, 0.1) is 13.8 Å². The normalized spacial score (nSPS) is 11.4. The van der Waals surface area contributed by atoms with Crippen molar-refractivity contribution in [1.82, 2.24) is 5.32 Å². The molecule has 0 bridgehead atoms. The SMILES string of the molecule is C=C(/C=C(\C)CNCO)OC. The van der Waals surface area contributed by atoms with E-state index >= 15 is 0 Å². The van der Waals surface area contributed by atoms with Gasteiger partial charge in [0.1, 0.15) is 5.76 Å². The van der Waals surface area contributed by atoms with E-state index in [1.165, 1.54) is 0 Å². The Kier molecular flexibility index (Phi) is 5.51. The van der Waals surface area contributed by atoms with Crippen molar-refractivity contribution in [2.24, 2.45) is 0 Å². The van der Waals surface area contributed by atoms with Gasteiger partial charge in [-0.1, -0.05) is 12.2 Å². The molecule has 2 N–H and O–H groups in total. The number of aliphatic hydroxyl groups excluding tert-OH is 1. The molecule has 0 aliphatic rings. The van der Waals surface area contributed by atoms with Gasteiger partial charge in [0.15, 0.2) is 0 Å². The van der Waals surface area contributed by atoms with Gasteiger partial charge >= 0.3 is 0 Å². The van der Waals surface area contributed by atoms with E-state index in [1.807, 2.05) is 13.0 Å². The van der Waals surface area contributed by atoms with Crippen LogP contribution in [0.4, 0.5) is 0 Å². The monoisotopic (exact) mass is 157 g/mol. The molecule has 0 amide bonds. The second-order valence-electron chi connectivity index (χ2n) is 2.25. The molecule has 11 heavy (non-hydrogen) atoms. The second kappa shape index (κ2) is 5.95. The zero-order valence-corrected chi connectivity index (χ0v) is 7.05. The summed E-state index contributed by atoms with van der Waals surface area (Å²) in [6.07, 6.45) is 1.82. The third-order valence-electron chi connectivity index (χ3n) is 1.19. The number of allylic oxidation sites excluding steroid dienone is 1. The van der Waals surface area contributed by atoms with Gasteiger partial charge in [0.2, 0.25) is 0 Å². The Hall–Kier alpha value is -0.800. The first-order valence-corrected chi connectivity index (χ1v) is 3.42. The van der Waals surface area contributed by atoms with Gasteiger partial charge in [-0.3, -0.25) is 5.32 Å². The molecule has 0 aromatic heterocycles. The maximum absolute atomic E-state index is 8.41. The summed E-state index contributed by atoms with van der Waals surface area (Å²) in [5.41, 5.74) is 1.07. The van der Waals surface area contributed by atoms with Crippen LogP contribution in [0.15, 0.2) is 24.0 Å². The fourth-order valence-electron chi connectivity index (χ4n) is 0.638. The van der Waals surface area contributed by atoms with Crippen LogP contribution >= 0.6 is 0 Å². The first-order chi connectivity index (χ1) is 5.20. The van der Waals surface area contributed by atoms with Gasteiger partial charge in [0.25, 0.3) is 0 Å². The highest BCUT2D eigenvalue weighted by Gasteiger charge is 1.89. The lowest BCUT2D eigenvalue weighted by atomic mass is 10.2. The number of nitrogens with one attached hydrogen (secondary N) is 1. The minimum atomic E-state index is -0.00929. The summed E-state index contributed by atoms with van der Waals surface area (Å²) in [5, 5.41) is 11.2. The summed E-state index contributed by atoms with van der Waals surface area (Å²) in [7, 11) is 1.57. The third kappa shape index (κ3) is 5.63. The summed E-state index contributed by atoms with van der Waals surface area (Å²) in [6, 6.07) is 0. The van der Waals surface area contributed by atoms with Crippen molar-refractivity contribution in [2.75, 3.05) is 20.4 Å². The van der Waals surface area contributed by atoms with Crippen LogP contribution in [0.3, 0.4) is 0 Å². The molecule has 0 atom stereocenters. The molecule has 3 nitrogen and oxygen atoms in total. The molecule has 64 valence electrons. The standard InChI is InChI=1S/C8H15NO2/c1-7(5-9-6-10)4-8(2)11-3/h4,9-10H,2,5-6H2,1,3H3/b7-4+. The van der Waals surface area contributed by atoms with Crippen LogP contribution in [0.5, 0.6) is 0 Å². The van der Waals surface area contributed by atoms with Crippen LogP contribution in [0.1, 0.15) is 6.92 Å². The van der Waals surface area contributed by atoms with Crippen molar-refractivity contribution in [2.45, 2.75) is 6.92 Å². The molecule has 0 radical (unpaired) electrons. The van der Waals surface area contributed by atoms with Crippen LogP contribution < -0.4 is 5.32 Å². The lowest BCUT2D eigenvalue weighted by Crippen LogP contribution is -2.16. The van der Waals surface area contributed by atoms with Crippen molar-refractivity contribution in [3.8, 4) is 0 Å².